The Labute approximate surface area is 171 Å². The topological polar surface area (TPSA) is 77.8 Å². The van der Waals surface area contributed by atoms with E-state index in [4.69, 9.17) is 0 Å². The second kappa shape index (κ2) is 7.43. The largest absolute Gasteiger partial charge is 0.507 e. The van der Waals surface area contributed by atoms with E-state index < -0.39 is 5.41 Å². The summed E-state index contributed by atoms with van der Waals surface area (Å²) in [5.41, 5.74) is 2.91. The normalized spacial score (nSPS) is 14.9. The number of fused-ring (bicyclic) bond motifs is 2. The van der Waals surface area contributed by atoms with Gasteiger partial charge in [0.2, 0.25) is 0 Å². The summed E-state index contributed by atoms with van der Waals surface area (Å²) >= 11 is 0. The number of phenols is 2. The molecule has 1 aliphatic carbocycles. The van der Waals surface area contributed by atoms with Gasteiger partial charge in [-0.25, -0.2) is 0 Å². The van der Waals surface area contributed by atoms with Gasteiger partial charge in [0.1, 0.15) is 17.3 Å². The third-order valence-electron chi connectivity index (χ3n) is 5.56. The molecule has 0 aliphatic heterocycles. The van der Waals surface area contributed by atoms with Gasteiger partial charge in [-0.1, -0.05) is 29.4 Å². The van der Waals surface area contributed by atoms with Crippen LogP contribution in [0.4, 0.5) is 0 Å². The van der Waals surface area contributed by atoms with Crippen molar-refractivity contribution in [3.63, 3.8) is 0 Å². The first-order valence-corrected chi connectivity index (χ1v) is 9.79. The van der Waals surface area contributed by atoms with Crippen molar-refractivity contribution in [1.82, 2.24) is 0 Å². The van der Waals surface area contributed by atoms with Crippen LogP contribution >= 0.6 is 0 Å². The van der Waals surface area contributed by atoms with Gasteiger partial charge in [-0.3, -0.25) is 4.79 Å². The fourth-order valence-corrected chi connectivity index (χ4v) is 4.01. The quantitative estimate of drug-likeness (QED) is 0.558. The molecule has 1 aliphatic rings. The summed E-state index contributed by atoms with van der Waals surface area (Å²) in [6.45, 7) is 9.79. The average molecular weight is 392 g/mol. The summed E-state index contributed by atoms with van der Waals surface area (Å²) in [6.07, 6.45) is 6.16. The number of carbonyl (C=O) groups excluding carboxylic acids is 1. The van der Waals surface area contributed by atoms with Crippen molar-refractivity contribution in [1.29, 1.82) is 0 Å². The van der Waals surface area contributed by atoms with Crippen molar-refractivity contribution in [2.45, 2.75) is 52.9 Å². The fourth-order valence-electron chi connectivity index (χ4n) is 4.01. The molecule has 152 valence electrons. The summed E-state index contributed by atoms with van der Waals surface area (Å²) in [6, 6.07) is 5.26. The van der Waals surface area contributed by atoms with Crippen LogP contribution in [0.2, 0.25) is 0 Å². The van der Waals surface area contributed by atoms with Gasteiger partial charge in [-0.15, -0.1) is 0 Å². The molecule has 0 saturated heterocycles. The van der Waals surface area contributed by atoms with Gasteiger partial charge in [0, 0.05) is 6.08 Å². The maximum absolute atomic E-state index is 13.3. The lowest BCUT2D eigenvalue weighted by Gasteiger charge is -2.36. The zero-order chi connectivity index (χ0) is 21.5. The third kappa shape index (κ3) is 3.55. The molecule has 4 nitrogen and oxygen atoms in total. The molecule has 29 heavy (non-hydrogen) atoms. The average Bonchev–Trinajstić information content (AvgIpc) is 2.59. The Bertz CT molecular complexity index is 1070. The lowest BCUT2D eigenvalue weighted by Crippen LogP contribution is -2.37. The Kier molecular flexibility index (Phi) is 5.31. The molecule has 0 unspecified atom stereocenters. The first-order valence-electron chi connectivity index (χ1n) is 9.79. The molecule has 0 fully saturated rings. The molecule has 0 amide bonds. The van der Waals surface area contributed by atoms with Crippen molar-refractivity contribution in [2.24, 2.45) is 0 Å². The SMILES string of the molecule is CC(C)=CCC1(CC=C(C)C)C(=O)C=C(O)c2c1cc1cc(C)cc(O)c1c2O. The molecule has 2 aromatic rings. The highest BCUT2D eigenvalue weighted by atomic mass is 16.3. The predicted octanol–water partition coefficient (Wildman–Crippen LogP) is 5.99. The summed E-state index contributed by atoms with van der Waals surface area (Å²) in [4.78, 5) is 13.3. The molecular formula is C25H28O4. The lowest BCUT2D eigenvalue weighted by atomic mass is 9.66. The number of aliphatic hydroxyl groups is 1. The number of phenolic OH excluding ortho intramolecular Hbond substituents is 2. The van der Waals surface area contributed by atoms with E-state index in [1.165, 1.54) is 6.08 Å². The molecule has 3 rings (SSSR count). The summed E-state index contributed by atoms with van der Waals surface area (Å²) < 4.78 is 0. The monoisotopic (exact) mass is 392 g/mol. The second-order valence-electron chi connectivity index (χ2n) is 8.48. The first kappa shape index (κ1) is 20.7. The molecular weight excluding hydrogens is 364 g/mol. The minimum atomic E-state index is -0.929. The maximum Gasteiger partial charge on any atom is 0.170 e. The minimum Gasteiger partial charge on any atom is -0.507 e. The summed E-state index contributed by atoms with van der Waals surface area (Å²) in [5.74, 6) is -0.707. The van der Waals surface area contributed by atoms with Crippen molar-refractivity contribution in [3.8, 4) is 11.5 Å². The van der Waals surface area contributed by atoms with Gasteiger partial charge < -0.3 is 15.3 Å². The van der Waals surface area contributed by atoms with Crippen LogP contribution in [0.1, 0.15) is 57.2 Å². The number of aromatic hydroxyl groups is 2. The van der Waals surface area contributed by atoms with E-state index in [1.54, 1.807) is 6.07 Å². The Morgan fingerprint density at radius 3 is 2.10 bits per heavy atom. The molecule has 3 N–H and O–H groups in total. The van der Waals surface area contributed by atoms with Crippen LogP contribution in [-0.4, -0.2) is 21.1 Å². The molecule has 2 aromatic carbocycles. The number of benzene rings is 2. The molecule has 0 atom stereocenters. The van der Waals surface area contributed by atoms with Gasteiger partial charge in [-0.05, 0) is 76.1 Å². The van der Waals surface area contributed by atoms with Gasteiger partial charge in [-0.2, -0.15) is 0 Å². The van der Waals surface area contributed by atoms with Gasteiger partial charge in [0.25, 0.3) is 0 Å². The predicted molar refractivity (Wildman–Crippen MR) is 117 cm³/mol. The number of carbonyl (C=O) groups is 1. The molecule has 0 saturated carbocycles. The van der Waals surface area contributed by atoms with Crippen molar-refractivity contribution < 1.29 is 20.1 Å². The number of allylic oxidation sites excluding steroid dienone is 5. The van der Waals surface area contributed by atoms with Crippen LogP contribution in [0.5, 0.6) is 11.5 Å². The number of aliphatic hydroxyl groups excluding tert-OH is 1. The highest BCUT2D eigenvalue weighted by molar-refractivity contribution is 6.10. The van der Waals surface area contributed by atoms with Crippen LogP contribution < -0.4 is 0 Å². The molecule has 4 heteroatoms. The number of aryl methyl sites for hydroxylation is 1. The smallest absolute Gasteiger partial charge is 0.170 e. The van der Waals surface area contributed by atoms with E-state index in [0.717, 1.165) is 16.7 Å². The van der Waals surface area contributed by atoms with E-state index in [9.17, 15) is 20.1 Å². The van der Waals surface area contributed by atoms with Crippen LogP contribution in [0, 0.1) is 6.92 Å². The first-order chi connectivity index (χ1) is 13.6. The highest BCUT2D eigenvalue weighted by Crippen LogP contribution is 2.49. The van der Waals surface area contributed by atoms with E-state index >= 15 is 0 Å². The fraction of sp³-hybridized carbons (Fsp3) is 0.320. The molecule has 0 aromatic heterocycles. The minimum absolute atomic E-state index is 0.0517. The maximum atomic E-state index is 13.3. The van der Waals surface area contributed by atoms with Crippen LogP contribution in [-0.2, 0) is 10.2 Å². The summed E-state index contributed by atoms with van der Waals surface area (Å²) in [7, 11) is 0. The van der Waals surface area contributed by atoms with E-state index in [-0.39, 0.29) is 34.0 Å². The van der Waals surface area contributed by atoms with Gasteiger partial charge in [0.05, 0.1) is 16.4 Å². The standard InChI is InChI=1S/C25H28O4/c1-14(2)6-8-25(9-7-15(3)4)18-12-17-10-16(5)11-19(26)22(17)24(29)23(18)20(27)13-21(25)28/h6-7,10-13,26-27,29H,8-9H2,1-5H3. The third-order valence-corrected chi connectivity index (χ3v) is 5.56. The van der Waals surface area contributed by atoms with Crippen molar-refractivity contribution in [3.05, 3.63) is 64.3 Å². The van der Waals surface area contributed by atoms with Crippen LogP contribution in [0.15, 0.2) is 47.6 Å². The number of rotatable bonds is 4. The molecule has 0 radical (unpaired) electrons. The second-order valence-corrected chi connectivity index (χ2v) is 8.48. The lowest BCUT2D eigenvalue weighted by molar-refractivity contribution is -0.120. The molecule has 0 spiro atoms. The van der Waals surface area contributed by atoms with Gasteiger partial charge in [0.15, 0.2) is 5.78 Å². The Morgan fingerprint density at radius 1 is 0.966 bits per heavy atom. The van der Waals surface area contributed by atoms with Crippen LogP contribution in [0.25, 0.3) is 16.5 Å². The van der Waals surface area contributed by atoms with Crippen molar-refractivity contribution in [2.75, 3.05) is 0 Å². The van der Waals surface area contributed by atoms with E-state index in [0.29, 0.717) is 23.8 Å². The number of ketones is 1. The van der Waals surface area contributed by atoms with Gasteiger partial charge >= 0.3 is 0 Å². The molecule has 0 bridgehead atoms. The van der Waals surface area contributed by atoms with E-state index in [1.807, 2.05) is 58.9 Å². The molecule has 0 heterocycles. The highest BCUT2D eigenvalue weighted by Gasteiger charge is 2.44. The number of hydrogen-bond acceptors (Lipinski definition) is 4. The Hall–Kier alpha value is -3.01. The van der Waals surface area contributed by atoms with E-state index in [2.05, 4.69) is 0 Å². The summed E-state index contributed by atoms with van der Waals surface area (Å²) in [5, 5.41) is 32.9. The number of hydrogen-bond donors (Lipinski definition) is 3. The Balaban J connectivity index is 2.42. The zero-order valence-electron chi connectivity index (χ0n) is 17.6. The zero-order valence-corrected chi connectivity index (χ0v) is 17.6. The Morgan fingerprint density at radius 2 is 1.55 bits per heavy atom. The van der Waals surface area contributed by atoms with Crippen LogP contribution in [0.3, 0.4) is 0 Å². The van der Waals surface area contributed by atoms with Crippen molar-refractivity contribution >= 4 is 22.3 Å².